The van der Waals surface area contributed by atoms with Gasteiger partial charge in [-0.05, 0) is 37.6 Å². The molecule has 0 aromatic carbocycles. The molecule has 18 heavy (non-hydrogen) atoms. The van der Waals surface area contributed by atoms with Crippen molar-refractivity contribution in [2.75, 3.05) is 0 Å². The summed E-state index contributed by atoms with van der Waals surface area (Å²) in [4.78, 5) is 4.29. The highest BCUT2D eigenvalue weighted by molar-refractivity contribution is 5.64. The predicted octanol–water partition coefficient (Wildman–Crippen LogP) is 3.12. The molecule has 0 amide bonds. The zero-order chi connectivity index (χ0) is 12.8. The number of hydrogen-bond donors (Lipinski definition) is 0. The minimum absolute atomic E-state index is 0.982. The minimum atomic E-state index is 0.982. The molecule has 0 aliphatic heterocycles. The molecule has 2 aromatic rings. The third kappa shape index (κ3) is 3.04. The summed E-state index contributed by atoms with van der Waals surface area (Å²) < 4.78 is 2.26. The first kappa shape index (κ1) is 12.5. The van der Waals surface area contributed by atoms with Gasteiger partial charge in [0, 0.05) is 23.9 Å². The van der Waals surface area contributed by atoms with Gasteiger partial charge in [-0.25, -0.2) is 0 Å². The van der Waals surface area contributed by atoms with Crippen molar-refractivity contribution in [3.8, 4) is 0 Å². The zero-order valence-electron chi connectivity index (χ0n) is 11.0. The molecule has 0 aliphatic rings. The van der Waals surface area contributed by atoms with Gasteiger partial charge in [0.1, 0.15) is 6.54 Å². The molecule has 92 valence electrons. The van der Waals surface area contributed by atoms with Gasteiger partial charge in [0.15, 0.2) is 6.20 Å². The van der Waals surface area contributed by atoms with E-state index in [0.717, 1.165) is 18.7 Å². The molecule has 2 nitrogen and oxygen atoms in total. The van der Waals surface area contributed by atoms with E-state index in [1.165, 1.54) is 11.3 Å². The van der Waals surface area contributed by atoms with Crippen LogP contribution in [0.5, 0.6) is 0 Å². The number of aromatic nitrogens is 2. The van der Waals surface area contributed by atoms with Gasteiger partial charge in [-0.15, -0.1) is 0 Å². The molecule has 0 spiro atoms. The summed E-state index contributed by atoms with van der Waals surface area (Å²) in [6, 6.07) is 10.3. The fourth-order valence-electron chi connectivity index (χ4n) is 1.89. The van der Waals surface area contributed by atoms with E-state index in [2.05, 4.69) is 47.8 Å². The molecule has 2 heteroatoms. The van der Waals surface area contributed by atoms with Gasteiger partial charge >= 0.3 is 0 Å². The van der Waals surface area contributed by atoms with Crippen LogP contribution < -0.4 is 4.57 Å². The molecule has 0 saturated carbocycles. The van der Waals surface area contributed by atoms with Crippen LogP contribution in [0.2, 0.25) is 0 Å². The van der Waals surface area contributed by atoms with E-state index in [0.29, 0.717) is 0 Å². The Morgan fingerprint density at radius 2 is 2.00 bits per heavy atom. The molecule has 0 aliphatic carbocycles. The summed E-state index contributed by atoms with van der Waals surface area (Å²) in [5.41, 5.74) is 3.56. The van der Waals surface area contributed by atoms with Gasteiger partial charge in [-0.3, -0.25) is 4.98 Å². The second-order valence-electron chi connectivity index (χ2n) is 4.19. The van der Waals surface area contributed by atoms with Crippen molar-refractivity contribution in [3.63, 3.8) is 0 Å². The Balaban J connectivity index is 2.26. The first-order chi connectivity index (χ1) is 8.83. The van der Waals surface area contributed by atoms with Crippen molar-refractivity contribution in [2.24, 2.45) is 0 Å². The van der Waals surface area contributed by atoms with E-state index >= 15 is 0 Å². The van der Waals surface area contributed by atoms with E-state index < -0.39 is 0 Å². The Kier molecular flexibility index (Phi) is 4.24. The average molecular weight is 239 g/mol. The van der Waals surface area contributed by atoms with E-state index in [4.69, 9.17) is 0 Å². The van der Waals surface area contributed by atoms with E-state index in [1.807, 2.05) is 30.5 Å². The molecule has 2 rings (SSSR count). The lowest BCUT2D eigenvalue weighted by atomic mass is 10.2. The maximum absolute atomic E-state index is 4.29. The van der Waals surface area contributed by atoms with Crippen molar-refractivity contribution < 1.29 is 4.57 Å². The van der Waals surface area contributed by atoms with Crippen molar-refractivity contribution in [3.05, 3.63) is 59.7 Å². The highest BCUT2D eigenvalue weighted by Gasteiger charge is 2.06. The molecule has 0 N–H and O–H groups in total. The first-order valence-electron chi connectivity index (χ1n) is 6.45. The van der Waals surface area contributed by atoms with Crippen LogP contribution in [0.1, 0.15) is 30.8 Å². The van der Waals surface area contributed by atoms with Crippen molar-refractivity contribution >= 4 is 12.2 Å². The summed E-state index contributed by atoms with van der Waals surface area (Å²) in [5, 5.41) is 0. The summed E-state index contributed by atoms with van der Waals surface area (Å²) >= 11 is 0. The van der Waals surface area contributed by atoms with Gasteiger partial charge in [-0.2, -0.15) is 4.57 Å². The summed E-state index contributed by atoms with van der Waals surface area (Å²) in [6.07, 6.45) is 9.27. The second kappa shape index (κ2) is 6.10. The number of hydrogen-bond acceptors (Lipinski definition) is 1. The van der Waals surface area contributed by atoms with Crippen LogP contribution in [0.3, 0.4) is 0 Å². The second-order valence-corrected chi connectivity index (χ2v) is 4.19. The number of aryl methyl sites for hydroxylation is 2. The van der Waals surface area contributed by atoms with Crippen LogP contribution in [0.15, 0.2) is 42.7 Å². The predicted molar refractivity (Wildman–Crippen MR) is 74.9 cm³/mol. The Hall–Kier alpha value is -1.96. The molecule has 0 radical (unpaired) electrons. The van der Waals surface area contributed by atoms with Gasteiger partial charge in [0.05, 0.1) is 5.69 Å². The van der Waals surface area contributed by atoms with Crippen LogP contribution in [-0.4, -0.2) is 4.98 Å². The number of pyridine rings is 2. The highest BCUT2D eigenvalue weighted by atomic mass is 14.9. The Bertz CT molecular complexity index is 530. The largest absolute Gasteiger partial charge is 0.257 e. The fourth-order valence-corrected chi connectivity index (χ4v) is 1.89. The summed E-state index contributed by atoms with van der Waals surface area (Å²) in [5.74, 6) is 0. The SMILES string of the molecule is CCc1ccc(/C=C/c2ccccn2)[n+](CC)c1. The van der Waals surface area contributed by atoms with E-state index in [-0.39, 0.29) is 0 Å². The number of nitrogens with zero attached hydrogens (tertiary/aromatic N) is 2. The summed E-state index contributed by atoms with van der Waals surface area (Å²) in [7, 11) is 0. The van der Waals surface area contributed by atoms with Crippen molar-refractivity contribution in [1.29, 1.82) is 0 Å². The molecule has 2 heterocycles. The van der Waals surface area contributed by atoms with Crippen LogP contribution >= 0.6 is 0 Å². The zero-order valence-corrected chi connectivity index (χ0v) is 11.0. The topological polar surface area (TPSA) is 16.8 Å². The molecular formula is C16H19N2+. The fraction of sp³-hybridized carbons (Fsp3) is 0.250. The Labute approximate surface area is 109 Å². The van der Waals surface area contributed by atoms with Crippen LogP contribution in [0, 0.1) is 0 Å². The Morgan fingerprint density at radius 3 is 2.67 bits per heavy atom. The van der Waals surface area contributed by atoms with E-state index in [9.17, 15) is 0 Å². The van der Waals surface area contributed by atoms with Gasteiger partial charge in [0.2, 0.25) is 5.69 Å². The Morgan fingerprint density at radius 1 is 1.11 bits per heavy atom. The molecule has 0 bridgehead atoms. The molecule has 0 unspecified atom stereocenters. The highest BCUT2D eigenvalue weighted by Crippen LogP contribution is 2.04. The monoisotopic (exact) mass is 239 g/mol. The molecule has 0 saturated heterocycles. The molecule has 2 aromatic heterocycles. The lowest BCUT2D eigenvalue weighted by Crippen LogP contribution is -2.35. The third-order valence-corrected chi connectivity index (χ3v) is 2.98. The van der Waals surface area contributed by atoms with E-state index in [1.54, 1.807) is 0 Å². The van der Waals surface area contributed by atoms with Gasteiger partial charge < -0.3 is 0 Å². The van der Waals surface area contributed by atoms with Crippen LogP contribution in [0.25, 0.3) is 12.2 Å². The standard InChI is InChI=1S/C16H19N2/c1-3-14-8-10-16(18(4-2)13-14)11-9-15-7-5-6-12-17-15/h5-13H,3-4H2,1-2H3/q+1/b11-9+. The van der Waals surface area contributed by atoms with Crippen LogP contribution in [0.4, 0.5) is 0 Å². The smallest absolute Gasteiger partial charge is 0.205 e. The molecule has 0 atom stereocenters. The van der Waals surface area contributed by atoms with Crippen molar-refractivity contribution in [2.45, 2.75) is 26.8 Å². The lowest BCUT2D eigenvalue weighted by Gasteiger charge is -2.00. The normalized spacial score (nSPS) is 11.0. The van der Waals surface area contributed by atoms with Crippen LogP contribution in [-0.2, 0) is 13.0 Å². The average Bonchev–Trinajstić information content (AvgIpc) is 2.46. The third-order valence-electron chi connectivity index (χ3n) is 2.98. The van der Waals surface area contributed by atoms with Crippen molar-refractivity contribution in [1.82, 2.24) is 4.98 Å². The first-order valence-corrected chi connectivity index (χ1v) is 6.45. The number of rotatable bonds is 4. The maximum atomic E-state index is 4.29. The lowest BCUT2D eigenvalue weighted by molar-refractivity contribution is -0.695. The van der Waals surface area contributed by atoms with Gasteiger partial charge in [0.25, 0.3) is 0 Å². The quantitative estimate of drug-likeness (QED) is 0.749. The maximum Gasteiger partial charge on any atom is 0.205 e. The molecule has 0 fully saturated rings. The summed E-state index contributed by atoms with van der Waals surface area (Å²) in [6.45, 7) is 5.33. The molecular weight excluding hydrogens is 220 g/mol. The minimum Gasteiger partial charge on any atom is -0.257 e. The van der Waals surface area contributed by atoms with Gasteiger partial charge in [-0.1, -0.05) is 13.0 Å².